The van der Waals surface area contributed by atoms with E-state index in [1.54, 1.807) is 24.5 Å². The topological polar surface area (TPSA) is 71.1 Å². The van der Waals surface area contributed by atoms with Crippen LogP contribution in [-0.4, -0.2) is 19.7 Å². The van der Waals surface area contributed by atoms with Crippen LogP contribution < -0.4 is 10.0 Å². The summed E-state index contributed by atoms with van der Waals surface area (Å²) in [6, 6.07) is 6.41. The van der Waals surface area contributed by atoms with Gasteiger partial charge in [0, 0.05) is 24.6 Å². The SMILES string of the molecule is CS(=O)(=O)Nc1cc(NCc2ccncc2)cc(C(F)(F)F)c1. The molecule has 0 spiro atoms. The zero-order chi connectivity index (χ0) is 17.1. The molecule has 2 aromatic rings. The van der Waals surface area contributed by atoms with Crippen molar-refractivity contribution >= 4 is 21.4 Å². The monoisotopic (exact) mass is 345 g/mol. The molecule has 0 aliphatic carbocycles. The van der Waals surface area contributed by atoms with Crippen LogP contribution in [0, 0.1) is 0 Å². The van der Waals surface area contributed by atoms with Gasteiger partial charge in [-0.25, -0.2) is 8.42 Å². The van der Waals surface area contributed by atoms with Crippen molar-refractivity contribution in [3.63, 3.8) is 0 Å². The Hall–Kier alpha value is -2.29. The summed E-state index contributed by atoms with van der Waals surface area (Å²) in [6.45, 7) is 0.280. The van der Waals surface area contributed by atoms with Gasteiger partial charge in [0.15, 0.2) is 0 Å². The van der Waals surface area contributed by atoms with Crippen LogP contribution in [0.3, 0.4) is 0 Å². The third-order valence-corrected chi connectivity index (χ3v) is 3.42. The van der Waals surface area contributed by atoms with E-state index in [1.165, 1.54) is 6.07 Å². The number of sulfonamides is 1. The van der Waals surface area contributed by atoms with E-state index in [0.717, 1.165) is 24.0 Å². The fourth-order valence-electron chi connectivity index (χ4n) is 1.87. The summed E-state index contributed by atoms with van der Waals surface area (Å²) in [5, 5.41) is 2.84. The molecule has 0 aliphatic heterocycles. The van der Waals surface area contributed by atoms with E-state index in [2.05, 4.69) is 15.0 Å². The summed E-state index contributed by atoms with van der Waals surface area (Å²) in [6.07, 6.45) is -0.570. The molecule has 5 nitrogen and oxygen atoms in total. The third-order valence-electron chi connectivity index (χ3n) is 2.81. The van der Waals surface area contributed by atoms with Crippen LogP contribution in [0.4, 0.5) is 24.5 Å². The maximum Gasteiger partial charge on any atom is 0.416 e. The van der Waals surface area contributed by atoms with E-state index >= 15 is 0 Å². The fraction of sp³-hybridized carbons (Fsp3) is 0.214. The minimum Gasteiger partial charge on any atom is -0.381 e. The second-order valence-corrected chi connectivity index (χ2v) is 6.63. The minimum atomic E-state index is -4.58. The molecule has 1 aromatic heterocycles. The van der Waals surface area contributed by atoms with Gasteiger partial charge >= 0.3 is 6.18 Å². The van der Waals surface area contributed by atoms with Gasteiger partial charge in [0.05, 0.1) is 17.5 Å². The molecular weight excluding hydrogens is 331 g/mol. The number of halogens is 3. The van der Waals surface area contributed by atoms with Crippen LogP contribution in [0.2, 0.25) is 0 Å². The molecule has 1 heterocycles. The molecule has 124 valence electrons. The number of pyridine rings is 1. The summed E-state index contributed by atoms with van der Waals surface area (Å²) < 4.78 is 63.3. The molecule has 9 heteroatoms. The van der Waals surface area contributed by atoms with E-state index in [1.807, 2.05) is 0 Å². The number of hydrogen-bond acceptors (Lipinski definition) is 4. The number of benzene rings is 1. The van der Waals surface area contributed by atoms with Crippen molar-refractivity contribution in [2.24, 2.45) is 0 Å². The summed E-state index contributed by atoms with van der Waals surface area (Å²) in [4.78, 5) is 3.85. The van der Waals surface area contributed by atoms with Crippen molar-refractivity contribution in [1.82, 2.24) is 4.98 Å². The second-order valence-electron chi connectivity index (χ2n) is 4.88. The molecule has 0 aliphatic rings. The number of hydrogen-bond donors (Lipinski definition) is 2. The van der Waals surface area contributed by atoms with Gasteiger partial charge in [-0.15, -0.1) is 0 Å². The molecule has 2 rings (SSSR count). The summed E-state index contributed by atoms with van der Waals surface area (Å²) in [5.41, 5.74) is -0.110. The van der Waals surface area contributed by atoms with Gasteiger partial charge in [-0.2, -0.15) is 13.2 Å². The number of aromatic nitrogens is 1. The first-order valence-corrected chi connectivity index (χ1v) is 8.35. The number of anilines is 2. The Morgan fingerprint density at radius 1 is 1.09 bits per heavy atom. The molecule has 1 aromatic carbocycles. The van der Waals surface area contributed by atoms with Crippen molar-refractivity contribution < 1.29 is 21.6 Å². The van der Waals surface area contributed by atoms with E-state index in [9.17, 15) is 21.6 Å². The molecule has 0 saturated carbocycles. The van der Waals surface area contributed by atoms with Crippen LogP contribution >= 0.6 is 0 Å². The van der Waals surface area contributed by atoms with Crippen molar-refractivity contribution in [1.29, 1.82) is 0 Å². The average molecular weight is 345 g/mol. The standard InChI is InChI=1S/C14H14F3N3O2S/c1-23(21,22)20-13-7-11(14(15,16)17)6-12(8-13)19-9-10-2-4-18-5-3-10/h2-8,19-20H,9H2,1H3. The van der Waals surface area contributed by atoms with Gasteiger partial charge in [0.1, 0.15) is 0 Å². The highest BCUT2D eigenvalue weighted by molar-refractivity contribution is 7.92. The highest BCUT2D eigenvalue weighted by Crippen LogP contribution is 2.33. The van der Waals surface area contributed by atoms with Crippen molar-refractivity contribution in [2.45, 2.75) is 12.7 Å². The van der Waals surface area contributed by atoms with Crippen LogP contribution in [0.15, 0.2) is 42.7 Å². The van der Waals surface area contributed by atoms with Gasteiger partial charge in [-0.05, 0) is 35.9 Å². The summed E-state index contributed by atoms with van der Waals surface area (Å²) in [7, 11) is -3.68. The largest absolute Gasteiger partial charge is 0.416 e. The van der Waals surface area contributed by atoms with Crippen molar-refractivity contribution in [2.75, 3.05) is 16.3 Å². The van der Waals surface area contributed by atoms with E-state index in [0.29, 0.717) is 0 Å². The third kappa shape index (κ3) is 5.44. The molecule has 0 atom stereocenters. The highest BCUT2D eigenvalue weighted by atomic mass is 32.2. The van der Waals surface area contributed by atoms with Gasteiger partial charge in [-0.3, -0.25) is 9.71 Å². The lowest BCUT2D eigenvalue weighted by atomic mass is 10.1. The van der Waals surface area contributed by atoms with Gasteiger partial charge in [0.2, 0.25) is 10.0 Å². The Labute approximate surface area is 131 Å². The molecule has 0 saturated heterocycles. The highest BCUT2D eigenvalue weighted by Gasteiger charge is 2.31. The zero-order valence-electron chi connectivity index (χ0n) is 12.1. The van der Waals surface area contributed by atoms with E-state index < -0.39 is 21.8 Å². The fourth-order valence-corrected chi connectivity index (χ4v) is 2.42. The van der Waals surface area contributed by atoms with E-state index in [4.69, 9.17) is 0 Å². The molecule has 0 amide bonds. The molecule has 0 unspecified atom stereocenters. The van der Waals surface area contributed by atoms with E-state index in [-0.39, 0.29) is 17.9 Å². The van der Waals surface area contributed by atoms with Gasteiger partial charge in [-0.1, -0.05) is 0 Å². The second kappa shape index (κ2) is 6.45. The predicted molar refractivity (Wildman–Crippen MR) is 81.5 cm³/mol. The first-order chi connectivity index (χ1) is 10.6. The molecule has 0 fully saturated rings. The lowest BCUT2D eigenvalue weighted by molar-refractivity contribution is -0.137. The molecule has 0 bridgehead atoms. The molecular formula is C14H14F3N3O2S. The normalized spacial score (nSPS) is 12.0. The quantitative estimate of drug-likeness (QED) is 0.874. The van der Waals surface area contributed by atoms with Crippen LogP contribution in [-0.2, 0) is 22.7 Å². The number of rotatable bonds is 5. The Bertz CT molecular complexity index is 778. The Balaban J connectivity index is 2.28. The molecule has 23 heavy (non-hydrogen) atoms. The van der Waals surface area contributed by atoms with Crippen molar-refractivity contribution in [3.05, 3.63) is 53.9 Å². The average Bonchev–Trinajstić information content (AvgIpc) is 2.43. The van der Waals surface area contributed by atoms with Crippen LogP contribution in [0.1, 0.15) is 11.1 Å². The predicted octanol–water partition coefficient (Wildman–Crippen LogP) is 3.08. The maximum atomic E-state index is 12.9. The lowest BCUT2D eigenvalue weighted by Gasteiger charge is -2.14. The van der Waals surface area contributed by atoms with Gasteiger partial charge in [0.25, 0.3) is 0 Å². The number of alkyl halides is 3. The molecule has 2 N–H and O–H groups in total. The van der Waals surface area contributed by atoms with Crippen LogP contribution in [0.5, 0.6) is 0 Å². The smallest absolute Gasteiger partial charge is 0.381 e. The molecule has 0 radical (unpaired) electrons. The Morgan fingerprint density at radius 3 is 2.26 bits per heavy atom. The van der Waals surface area contributed by atoms with Crippen LogP contribution in [0.25, 0.3) is 0 Å². The summed E-state index contributed by atoms with van der Waals surface area (Å²) in [5.74, 6) is 0. The lowest BCUT2D eigenvalue weighted by Crippen LogP contribution is -2.12. The van der Waals surface area contributed by atoms with Gasteiger partial charge < -0.3 is 5.32 Å². The maximum absolute atomic E-state index is 12.9. The summed E-state index contributed by atoms with van der Waals surface area (Å²) >= 11 is 0. The first kappa shape index (κ1) is 17.1. The first-order valence-electron chi connectivity index (χ1n) is 6.46. The Kier molecular flexibility index (Phi) is 4.79. The number of nitrogens with one attached hydrogen (secondary N) is 2. The Morgan fingerprint density at radius 2 is 1.70 bits per heavy atom. The van der Waals surface area contributed by atoms with Crippen molar-refractivity contribution in [3.8, 4) is 0 Å². The zero-order valence-corrected chi connectivity index (χ0v) is 12.9. The number of nitrogens with zero attached hydrogens (tertiary/aromatic N) is 1. The minimum absolute atomic E-state index is 0.153.